The summed E-state index contributed by atoms with van der Waals surface area (Å²) in [7, 11) is 1.88. The quantitative estimate of drug-likeness (QED) is 0.760. The number of hydrogen-bond donors (Lipinski definition) is 1. The van der Waals surface area contributed by atoms with Crippen molar-refractivity contribution >= 4 is 0 Å². The first-order chi connectivity index (χ1) is 6.31. The van der Waals surface area contributed by atoms with Gasteiger partial charge in [-0.15, -0.1) is 0 Å². The second-order valence-electron chi connectivity index (χ2n) is 3.71. The zero-order valence-corrected chi connectivity index (χ0v) is 8.08. The van der Waals surface area contributed by atoms with Gasteiger partial charge in [0.05, 0.1) is 6.54 Å². The maximum Gasteiger partial charge on any atom is 0.229 e. The number of hydrogen-bond acceptors (Lipinski definition) is 4. The first kappa shape index (κ1) is 8.69. The van der Waals surface area contributed by atoms with E-state index >= 15 is 0 Å². The largest absolute Gasteiger partial charge is 0.339 e. The van der Waals surface area contributed by atoms with E-state index in [1.807, 2.05) is 7.05 Å². The topological polar surface area (TPSA) is 51.0 Å². The van der Waals surface area contributed by atoms with E-state index < -0.39 is 0 Å². The molecule has 0 amide bonds. The molecule has 1 aliphatic rings. The van der Waals surface area contributed by atoms with Gasteiger partial charge in [-0.1, -0.05) is 12.1 Å². The molecule has 0 bridgehead atoms. The minimum atomic E-state index is 0.443. The molecule has 1 aliphatic carbocycles. The van der Waals surface area contributed by atoms with Gasteiger partial charge in [-0.2, -0.15) is 4.98 Å². The molecule has 72 valence electrons. The third-order valence-corrected chi connectivity index (χ3v) is 2.54. The highest BCUT2D eigenvalue weighted by Crippen LogP contribution is 2.41. The summed E-state index contributed by atoms with van der Waals surface area (Å²) in [6.45, 7) is 2.84. The molecule has 2 rings (SSSR count). The summed E-state index contributed by atoms with van der Waals surface area (Å²) in [6, 6.07) is 0. The van der Waals surface area contributed by atoms with E-state index in [2.05, 4.69) is 22.4 Å². The van der Waals surface area contributed by atoms with E-state index in [4.69, 9.17) is 4.52 Å². The fraction of sp³-hybridized carbons (Fsp3) is 0.778. The molecular weight excluding hydrogens is 166 g/mol. The van der Waals surface area contributed by atoms with Crippen LogP contribution in [0.1, 0.15) is 37.4 Å². The van der Waals surface area contributed by atoms with Crippen molar-refractivity contribution < 1.29 is 4.52 Å². The molecule has 0 aromatic carbocycles. The fourth-order valence-electron chi connectivity index (χ4n) is 1.48. The third-order valence-electron chi connectivity index (χ3n) is 2.54. The number of aromatic nitrogens is 2. The highest BCUT2D eigenvalue weighted by atomic mass is 16.5. The molecule has 1 unspecified atom stereocenters. The van der Waals surface area contributed by atoms with Crippen molar-refractivity contribution in [1.82, 2.24) is 15.5 Å². The van der Waals surface area contributed by atoms with Gasteiger partial charge in [-0.05, 0) is 25.8 Å². The third kappa shape index (κ3) is 1.88. The van der Waals surface area contributed by atoms with Crippen LogP contribution in [-0.2, 0) is 6.54 Å². The molecule has 0 radical (unpaired) electrons. The molecule has 0 aliphatic heterocycles. The molecule has 1 aromatic rings. The Labute approximate surface area is 77.7 Å². The van der Waals surface area contributed by atoms with Crippen LogP contribution in [0.15, 0.2) is 4.52 Å². The van der Waals surface area contributed by atoms with Crippen LogP contribution in [0, 0.1) is 5.92 Å². The van der Waals surface area contributed by atoms with Crippen molar-refractivity contribution in [3.05, 3.63) is 11.7 Å². The average Bonchev–Trinajstić information content (AvgIpc) is 2.87. The molecule has 1 aromatic heterocycles. The monoisotopic (exact) mass is 181 g/mol. The molecule has 1 heterocycles. The maximum absolute atomic E-state index is 5.18. The van der Waals surface area contributed by atoms with Gasteiger partial charge in [-0.3, -0.25) is 0 Å². The second kappa shape index (κ2) is 3.46. The summed E-state index contributed by atoms with van der Waals surface area (Å²) in [6.07, 6.45) is 2.62. The number of nitrogens with zero attached hydrogens (tertiary/aromatic N) is 2. The Morgan fingerprint density at radius 1 is 1.62 bits per heavy atom. The molecule has 0 spiro atoms. The number of rotatable bonds is 4. The van der Waals surface area contributed by atoms with Crippen LogP contribution < -0.4 is 5.32 Å². The van der Waals surface area contributed by atoms with Gasteiger partial charge in [0, 0.05) is 5.92 Å². The van der Waals surface area contributed by atoms with Crippen molar-refractivity contribution in [3.8, 4) is 0 Å². The highest BCUT2D eigenvalue weighted by Gasteiger charge is 2.32. The van der Waals surface area contributed by atoms with Crippen LogP contribution in [0.2, 0.25) is 0 Å². The molecule has 1 saturated carbocycles. The molecule has 0 saturated heterocycles. The zero-order valence-electron chi connectivity index (χ0n) is 8.08. The first-order valence-corrected chi connectivity index (χ1v) is 4.78. The van der Waals surface area contributed by atoms with E-state index in [0.717, 1.165) is 17.6 Å². The summed E-state index contributed by atoms with van der Waals surface area (Å²) >= 11 is 0. The Bertz CT molecular complexity index is 280. The van der Waals surface area contributed by atoms with Gasteiger partial charge in [-0.25, -0.2) is 0 Å². The van der Waals surface area contributed by atoms with E-state index in [0.29, 0.717) is 12.5 Å². The Balaban J connectivity index is 2.03. The summed E-state index contributed by atoms with van der Waals surface area (Å²) in [5.74, 6) is 2.78. The van der Waals surface area contributed by atoms with Gasteiger partial charge in [0.1, 0.15) is 0 Å². The lowest BCUT2D eigenvalue weighted by atomic mass is 10.1. The zero-order chi connectivity index (χ0) is 9.26. The van der Waals surface area contributed by atoms with Crippen molar-refractivity contribution in [2.24, 2.45) is 5.92 Å². The molecule has 4 nitrogen and oxygen atoms in total. The van der Waals surface area contributed by atoms with Crippen LogP contribution in [0.5, 0.6) is 0 Å². The van der Waals surface area contributed by atoms with Gasteiger partial charge < -0.3 is 9.84 Å². The van der Waals surface area contributed by atoms with Crippen LogP contribution in [0.3, 0.4) is 0 Å². The fourth-order valence-corrected chi connectivity index (χ4v) is 1.48. The van der Waals surface area contributed by atoms with Gasteiger partial charge >= 0.3 is 0 Å². The average molecular weight is 181 g/mol. The van der Waals surface area contributed by atoms with E-state index in [-0.39, 0.29) is 0 Å². The standard InChI is InChI=1S/C9H15N3O/c1-6(7-3-4-7)9-11-8(5-10-2)12-13-9/h6-7,10H,3-5H2,1-2H3. The maximum atomic E-state index is 5.18. The highest BCUT2D eigenvalue weighted by molar-refractivity contribution is 4.98. The van der Waals surface area contributed by atoms with Crippen LogP contribution in [0.4, 0.5) is 0 Å². The van der Waals surface area contributed by atoms with Crippen molar-refractivity contribution in [1.29, 1.82) is 0 Å². The van der Waals surface area contributed by atoms with Crippen molar-refractivity contribution in [3.63, 3.8) is 0 Å². The molecule has 1 N–H and O–H groups in total. The Morgan fingerprint density at radius 2 is 2.38 bits per heavy atom. The molecule has 13 heavy (non-hydrogen) atoms. The molecular formula is C9H15N3O. The normalized spacial score (nSPS) is 18.9. The summed E-state index contributed by atoms with van der Waals surface area (Å²) in [5, 5.41) is 6.88. The predicted octanol–water partition coefficient (Wildman–Crippen LogP) is 1.30. The van der Waals surface area contributed by atoms with E-state index in [1.54, 1.807) is 0 Å². The molecule has 1 fully saturated rings. The van der Waals surface area contributed by atoms with E-state index in [1.165, 1.54) is 12.8 Å². The lowest BCUT2D eigenvalue weighted by Gasteiger charge is -2.00. The van der Waals surface area contributed by atoms with Crippen molar-refractivity contribution in [2.45, 2.75) is 32.2 Å². The number of nitrogens with one attached hydrogen (secondary N) is 1. The predicted molar refractivity (Wildman–Crippen MR) is 48.2 cm³/mol. The summed E-state index contributed by atoms with van der Waals surface area (Å²) < 4.78 is 5.18. The van der Waals surface area contributed by atoms with Crippen LogP contribution in [0.25, 0.3) is 0 Å². The van der Waals surface area contributed by atoms with Gasteiger partial charge in [0.25, 0.3) is 0 Å². The van der Waals surface area contributed by atoms with Crippen LogP contribution in [-0.4, -0.2) is 17.2 Å². The second-order valence-corrected chi connectivity index (χ2v) is 3.71. The minimum absolute atomic E-state index is 0.443. The summed E-state index contributed by atoms with van der Waals surface area (Å²) in [5.41, 5.74) is 0. The lowest BCUT2D eigenvalue weighted by molar-refractivity contribution is 0.344. The van der Waals surface area contributed by atoms with E-state index in [9.17, 15) is 0 Å². The van der Waals surface area contributed by atoms with Gasteiger partial charge in [0.2, 0.25) is 5.89 Å². The smallest absolute Gasteiger partial charge is 0.229 e. The molecule has 4 heteroatoms. The Kier molecular flexibility index (Phi) is 2.31. The Morgan fingerprint density at radius 3 is 3.00 bits per heavy atom. The Hall–Kier alpha value is -0.900. The van der Waals surface area contributed by atoms with Gasteiger partial charge in [0.15, 0.2) is 5.82 Å². The van der Waals surface area contributed by atoms with Crippen molar-refractivity contribution in [2.75, 3.05) is 7.05 Å². The SMILES string of the molecule is CNCc1noc(C(C)C2CC2)n1. The first-order valence-electron chi connectivity index (χ1n) is 4.78. The summed E-state index contributed by atoms with van der Waals surface area (Å²) in [4.78, 5) is 4.32. The minimum Gasteiger partial charge on any atom is -0.339 e. The van der Waals surface area contributed by atoms with Crippen LogP contribution >= 0.6 is 0 Å². The molecule has 1 atom stereocenters. The lowest BCUT2D eigenvalue weighted by Crippen LogP contribution is -2.06.